The zero-order valence-electron chi connectivity index (χ0n) is 16.1. The molecular formula is C21H14Cl2N2O5S2. The molecule has 164 valence electrons. The lowest BCUT2D eigenvalue weighted by Crippen LogP contribution is -2.12. The molecule has 0 aliphatic rings. The highest BCUT2D eigenvalue weighted by molar-refractivity contribution is 7.92. The van der Waals surface area contributed by atoms with Crippen molar-refractivity contribution in [3.63, 3.8) is 0 Å². The third kappa shape index (κ3) is 4.66. The van der Waals surface area contributed by atoms with Crippen molar-refractivity contribution in [3.8, 4) is 5.75 Å². The fourth-order valence-corrected chi connectivity index (χ4v) is 5.51. The van der Waals surface area contributed by atoms with E-state index in [4.69, 9.17) is 27.9 Å². The second-order valence-corrected chi connectivity index (χ2v) is 9.97. The number of pyridine rings is 1. The van der Waals surface area contributed by atoms with Crippen LogP contribution in [0.2, 0.25) is 10.2 Å². The summed E-state index contributed by atoms with van der Waals surface area (Å²) in [5, 5.41) is 12.3. The van der Waals surface area contributed by atoms with Gasteiger partial charge >= 0.3 is 5.97 Å². The van der Waals surface area contributed by atoms with Gasteiger partial charge in [0.1, 0.15) is 17.5 Å². The number of carboxylic acid groups (broad SMARTS) is 1. The summed E-state index contributed by atoms with van der Waals surface area (Å²) in [5.41, 5.74) is 1.07. The molecule has 0 atom stereocenters. The number of ether oxygens (including phenoxy) is 1. The monoisotopic (exact) mass is 508 g/mol. The molecule has 0 unspecified atom stereocenters. The lowest BCUT2D eigenvalue weighted by Gasteiger charge is -2.11. The number of hydrogen-bond donors (Lipinski definition) is 2. The molecule has 0 saturated carbocycles. The smallest absolute Gasteiger partial charge is 0.338 e. The average Bonchev–Trinajstić information content (AvgIpc) is 3.17. The van der Waals surface area contributed by atoms with Crippen LogP contribution in [0, 0.1) is 0 Å². The van der Waals surface area contributed by atoms with E-state index in [1.807, 2.05) is 0 Å². The van der Waals surface area contributed by atoms with Gasteiger partial charge in [0, 0.05) is 28.2 Å². The van der Waals surface area contributed by atoms with Gasteiger partial charge in [-0.2, -0.15) is 0 Å². The molecule has 0 bridgehead atoms. The number of rotatable bonds is 7. The second kappa shape index (κ2) is 8.95. The van der Waals surface area contributed by atoms with E-state index in [1.165, 1.54) is 41.8 Å². The van der Waals surface area contributed by atoms with Crippen LogP contribution in [0.25, 0.3) is 10.1 Å². The van der Waals surface area contributed by atoms with Gasteiger partial charge in [0.25, 0.3) is 10.0 Å². The first-order valence-electron chi connectivity index (χ1n) is 9.04. The van der Waals surface area contributed by atoms with Gasteiger partial charge in [0.05, 0.1) is 20.8 Å². The number of nitrogens with one attached hydrogen (secondary N) is 1. The lowest BCUT2D eigenvalue weighted by molar-refractivity contribution is 0.0699. The Kier molecular flexibility index (Phi) is 6.25. The van der Waals surface area contributed by atoms with Gasteiger partial charge in [-0.1, -0.05) is 29.3 Å². The van der Waals surface area contributed by atoms with E-state index < -0.39 is 16.0 Å². The van der Waals surface area contributed by atoms with Crippen molar-refractivity contribution in [2.75, 3.05) is 4.72 Å². The van der Waals surface area contributed by atoms with Crippen molar-refractivity contribution in [2.45, 2.75) is 11.5 Å². The van der Waals surface area contributed by atoms with Crippen LogP contribution in [0.4, 0.5) is 5.69 Å². The van der Waals surface area contributed by atoms with E-state index in [9.17, 15) is 18.3 Å². The summed E-state index contributed by atoms with van der Waals surface area (Å²) >= 11 is 13.2. The van der Waals surface area contributed by atoms with Crippen molar-refractivity contribution in [1.82, 2.24) is 4.98 Å². The van der Waals surface area contributed by atoms with E-state index in [2.05, 4.69) is 9.71 Å². The molecule has 2 aromatic carbocycles. The fraction of sp³-hybridized carbons (Fsp3) is 0.0476. The highest BCUT2D eigenvalue weighted by atomic mass is 35.5. The van der Waals surface area contributed by atoms with E-state index in [1.54, 1.807) is 29.6 Å². The lowest BCUT2D eigenvalue weighted by atomic mass is 10.2. The van der Waals surface area contributed by atoms with Crippen LogP contribution < -0.4 is 9.46 Å². The van der Waals surface area contributed by atoms with Gasteiger partial charge in [0.2, 0.25) is 0 Å². The highest BCUT2D eigenvalue weighted by Gasteiger charge is 2.18. The van der Waals surface area contributed by atoms with Crippen LogP contribution in [0.5, 0.6) is 5.75 Å². The topological polar surface area (TPSA) is 106 Å². The number of fused-ring (bicyclic) bond motifs is 1. The zero-order chi connectivity index (χ0) is 22.9. The summed E-state index contributed by atoms with van der Waals surface area (Å²) < 4.78 is 34.0. The molecule has 32 heavy (non-hydrogen) atoms. The van der Waals surface area contributed by atoms with Gasteiger partial charge in [-0.3, -0.25) is 4.72 Å². The molecule has 0 amide bonds. The number of nitrogens with zero attached hydrogens (tertiary/aromatic N) is 1. The number of sulfonamides is 1. The largest absolute Gasteiger partial charge is 0.489 e. The molecule has 4 rings (SSSR count). The number of carboxylic acids is 1. The molecule has 0 radical (unpaired) electrons. The maximum atomic E-state index is 12.6. The van der Waals surface area contributed by atoms with E-state index in [0.717, 1.165) is 0 Å². The molecule has 2 aromatic heterocycles. The third-order valence-corrected chi connectivity index (χ3v) is 7.46. The summed E-state index contributed by atoms with van der Waals surface area (Å²) in [4.78, 5) is 15.4. The van der Waals surface area contributed by atoms with E-state index in [0.29, 0.717) is 32.1 Å². The molecule has 0 aliphatic carbocycles. The second-order valence-electron chi connectivity index (χ2n) is 6.61. The van der Waals surface area contributed by atoms with Gasteiger partial charge in [-0.05, 0) is 41.8 Å². The maximum Gasteiger partial charge on any atom is 0.338 e. The average molecular weight is 509 g/mol. The Labute approximate surface area is 197 Å². The van der Waals surface area contributed by atoms with Crippen LogP contribution in [0.1, 0.15) is 15.9 Å². The van der Waals surface area contributed by atoms with Crippen LogP contribution >= 0.6 is 34.5 Å². The molecule has 2 heterocycles. The van der Waals surface area contributed by atoms with Gasteiger partial charge < -0.3 is 9.84 Å². The van der Waals surface area contributed by atoms with Crippen LogP contribution in [-0.2, 0) is 16.6 Å². The fourth-order valence-electron chi connectivity index (χ4n) is 2.96. The quantitative estimate of drug-likeness (QED) is 0.311. The van der Waals surface area contributed by atoms with E-state index >= 15 is 0 Å². The first-order chi connectivity index (χ1) is 15.2. The molecule has 0 saturated heterocycles. The van der Waals surface area contributed by atoms with Crippen molar-refractivity contribution >= 4 is 66.3 Å². The molecule has 2 N–H and O–H groups in total. The minimum absolute atomic E-state index is 0.0688. The van der Waals surface area contributed by atoms with Gasteiger partial charge in [-0.25, -0.2) is 18.2 Å². The van der Waals surface area contributed by atoms with Crippen molar-refractivity contribution < 1.29 is 23.1 Å². The molecule has 0 aliphatic heterocycles. The predicted molar refractivity (Wildman–Crippen MR) is 125 cm³/mol. The standard InChI is InChI=1S/C21H14Cl2N2O5S2/c22-13-4-6-16(7-5-13)32(28,29)25-14-2-1-3-15(8-14)30-10-12-11-31-19-17(21(26)27)9-24-20(23)18(12)19/h1-9,11,25H,10H2,(H,26,27). The molecule has 11 heteroatoms. The van der Waals surface area contributed by atoms with Crippen molar-refractivity contribution in [3.05, 3.63) is 81.4 Å². The third-order valence-electron chi connectivity index (χ3n) is 4.46. The summed E-state index contributed by atoms with van der Waals surface area (Å²) in [6, 6.07) is 12.3. The first kappa shape index (κ1) is 22.3. The predicted octanol–water partition coefficient (Wildman–Crippen LogP) is 5.68. The summed E-state index contributed by atoms with van der Waals surface area (Å²) in [6.07, 6.45) is 1.23. The van der Waals surface area contributed by atoms with Crippen molar-refractivity contribution in [2.24, 2.45) is 0 Å². The van der Waals surface area contributed by atoms with Crippen LogP contribution in [0.15, 0.2) is 65.0 Å². The Morgan fingerprint density at radius 1 is 1.16 bits per heavy atom. The van der Waals surface area contributed by atoms with Gasteiger partial charge in [0.15, 0.2) is 0 Å². The summed E-state index contributed by atoms with van der Waals surface area (Å²) in [6.45, 7) is 0.0951. The number of halogens is 2. The number of carbonyl (C=O) groups is 1. The SMILES string of the molecule is O=C(O)c1cnc(Cl)c2c(COc3cccc(NS(=O)(=O)c4ccc(Cl)cc4)c3)csc12. The summed E-state index contributed by atoms with van der Waals surface area (Å²) in [7, 11) is -3.80. The van der Waals surface area contributed by atoms with Crippen LogP contribution in [-0.4, -0.2) is 24.5 Å². The minimum Gasteiger partial charge on any atom is -0.489 e. The highest BCUT2D eigenvalue weighted by Crippen LogP contribution is 2.34. The number of aromatic nitrogens is 1. The first-order valence-corrected chi connectivity index (χ1v) is 12.2. The Bertz CT molecular complexity index is 1420. The molecular weight excluding hydrogens is 495 g/mol. The maximum absolute atomic E-state index is 12.6. The Balaban J connectivity index is 1.53. The number of hydrogen-bond acceptors (Lipinski definition) is 6. The van der Waals surface area contributed by atoms with Crippen molar-refractivity contribution in [1.29, 1.82) is 0 Å². The van der Waals surface area contributed by atoms with E-state index in [-0.39, 0.29) is 22.2 Å². The molecule has 0 spiro atoms. The number of aromatic carboxylic acids is 1. The molecule has 0 fully saturated rings. The van der Waals surface area contributed by atoms with Crippen LogP contribution in [0.3, 0.4) is 0 Å². The number of benzene rings is 2. The normalized spacial score (nSPS) is 11.4. The Morgan fingerprint density at radius 2 is 1.91 bits per heavy atom. The number of thiophene rings is 1. The Hall–Kier alpha value is -2.85. The van der Waals surface area contributed by atoms with Gasteiger partial charge in [-0.15, -0.1) is 11.3 Å². The molecule has 7 nitrogen and oxygen atoms in total. The summed E-state index contributed by atoms with van der Waals surface area (Å²) in [5.74, 6) is -0.673. The Morgan fingerprint density at radius 3 is 2.62 bits per heavy atom. The molecule has 4 aromatic rings. The number of anilines is 1. The zero-order valence-corrected chi connectivity index (χ0v) is 19.2. The minimum atomic E-state index is -3.80.